The van der Waals surface area contributed by atoms with E-state index in [-0.39, 0.29) is 11.9 Å². The molecule has 2 N–H and O–H groups in total. The van der Waals surface area contributed by atoms with E-state index in [1.807, 2.05) is 38.2 Å². The predicted molar refractivity (Wildman–Crippen MR) is 89.2 cm³/mol. The molecule has 0 spiro atoms. The van der Waals surface area contributed by atoms with Gasteiger partial charge in [0.25, 0.3) is 0 Å². The molecule has 2 atom stereocenters. The number of rotatable bonds is 6. The summed E-state index contributed by atoms with van der Waals surface area (Å²) >= 11 is 3.42. The van der Waals surface area contributed by atoms with Crippen LogP contribution in [0.4, 0.5) is 0 Å². The molecule has 1 aliphatic rings. The Morgan fingerprint density at radius 1 is 1.48 bits per heavy atom. The van der Waals surface area contributed by atoms with Crippen LogP contribution in [0.25, 0.3) is 0 Å². The van der Waals surface area contributed by atoms with Gasteiger partial charge in [0.2, 0.25) is 5.91 Å². The Hall–Kier alpha value is -0.910. The maximum atomic E-state index is 12.1. The van der Waals surface area contributed by atoms with Gasteiger partial charge in [0.05, 0.1) is 12.6 Å². The summed E-state index contributed by atoms with van der Waals surface area (Å²) in [5, 5.41) is 6.51. The molecule has 1 amide bonds. The summed E-state index contributed by atoms with van der Waals surface area (Å²) in [6, 6.07) is 8.61. The second-order valence-corrected chi connectivity index (χ2v) is 6.75. The van der Waals surface area contributed by atoms with Crippen LogP contribution in [-0.2, 0) is 4.79 Å². The Bertz CT molecular complexity index is 457. The molecule has 0 aliphatic carbocycles. The van der Waals surface area contributed by atoms with Gasteiger partial charge >= 0.3 is 0 Å². The Morgan fingerprint density at radius 3 is 2.81 bits per heavy atom. The smallest absolute Gasteiger partial charge is 0.234 e. The summed E-state index contributed by atoms with van der Waals surface area (Å²) in [6.45, 7) is 4.49. The van der Waals surface area contributed by atoms with Gasteiger partial charge in [0.15, 0.2) is 0 Å². The fourth-order valence-electron chi connectivity index (χ4n) is 2.72. The number of hydrogen-bond acceptors (Lipinski definition) is 3. The molecule has 1 heterocycles. The summed E-state index contributed by atoms with van der Waals surface area (Å²) in [5.74, 6) is 0.0749. The van der Waals surface area contributed by atoms with Crippen LogP contribution < -0.4 is 10.6 Å². The maximum Gasteiger partial charge on any atom is 0.234 e. The van der Waals surface area contributed by atoms with Gasteiger partial charge in [-0.3, -0.25) is 9.69 Å². The number of carbonyl (C=O) groups excluding carboxylic acids is 1. The minimum absolute atomic E-state index is 0.0311. The second kappa shape index (κ2) is 7.92. The lowest BCUT2D eigenvalue weighted by Gasteiger charge is -2.22. The second-order valence-electron chi connectivity index (χ2n) is 5.83. The van der Waals surface area contributed by atoms with Gasteiger partial charge in [-0.15, -0.1) is 0 Å². The zero-order valence-electron chi connectivity index (χ0n) is 12.7. The van der Waals surface area contributed by atoms with Gasteiger partial charge in [-0.25, -0.2) is 0 Å². The molecule has 1 saturated heterocycles. The van der Waals surface area contributed by atoms with Crippen LogP contribution in [0, 0.1) is 0 Å². The fourth-order valence-corrected chi connectivity index (χ4v) is 2.98. The van der Waals surface area contributed by atoms with E-state index >= 15 is 0 Å². The van der Waals surface area contributed by atoms with Gasteiger partial charge in [0.1, 0.15) is 0 Å². The molecule has 1 fully saturated rings. The molecule has 1 aromatic rings. The molecule has 116 valence electrons. The highest BCUT2D eigenvalue weighted by Gasteiger charge is 2.18. The minimum atomic E-state index is 0.0311. The van der Waals surface area contributed by atoms with Crippen LogP contribution in [0.5, 0.6) is 0 Å². The number of carbonyl (C=O) groups is 1. The predicted octanol–water partition coefficient (Wildman–Crippen LogP) is 2.31. The zero-order chi connectivity index (χ0) is 15.2. The van der Waals surface area contributed by atoms with Crippen molar-refractivity contribution in [1.29, 1.82) is 0 Å². The van der Waals surface area contributed by atoms with Crippen molar-refractivity contribution < 1.29 is 4.79 Å². The molecule has 0 bridgehead atoms. The lowest BCUT2D eigenvalue weighted by atomic mass is 10.1. The molecule has 1 aromatic carbocycles. The van der Waals surface area contributed by atoms with Crippen LogP contribution in [0.2, 0.25) is 0 Å². The lowest BCUT2D eigenvalue weighted by Crippen LogP contribution is -2.41. The molecule has 2 unspecified atom stereocenters. The van der Waals surface area contributed by atoms with E-state index in [2.05, 4.69) is 31.5 Å². The van der Waals surface area contributed by atoms with Gasteiger partial charge in [-0.1, -0.05) is 28.1 Å². The van der Waals surface area contributed by atoms with Crippen LogP contribution in [0.15, 0.2) is 28.7 Å². The van der Waals surface area contributed by atoms with Crippen molar-refractivity contribution in [2.75, 3.05) is 26.7 Å². The minimum Gasteiger partial charge on any atom is -0.348 e. The first-order valence-electron chi connectivity index (χ1n) is 7.51. The Kier molecular flexibility index (Phi) is 6.21. The van der Waals surface area contributed by atoms with Crippen molar-refractivity contribution in [3.05, 3.63) is 34.3 Å². The summed E-state index contributed by atoms with van der Waals surface area (Å²) in [6.07, 6.45) is 2.45. The monoisotopic (exact) mass is 353 g/mol. The van der Waals surface area contributed by atoms with E-state index < -0.39 is 0 Å². The third-order valence-corrected chi connectivity index (χ3v) is 4.38. The first-order chi connectivity index (χ1) is 10.0. The summed E-state index contributed by atoms with van der Waals surface area (Å²) in [5.41, 5.74) is 1.12. The Labute approximate surface area is 135 Å². The van der Waals surface area contributed by atoms with E-state index in [9.17, 15) is 4.79 Å². The summed E-state index contributed by atoms with van der Waals surface area (Å²) in [4.78, 5) is 14.2. The van der Waals surface area contributed by atoms with Crippen molar-refractivity contribution in [3.8, 4) is 0 Å². The third kappa shape index (κ3) is 5.41. The van der Waals surface area contributed by atoms with Crippen LogP contribution in [0.1, 0.15) is 31.4 Å². The maximum absolute atomic E-state index is 12.1. The van der Waals surface area contributed by atoms with Crippen molar-refractivity contribution in [3.63, 3.8) is 0 Å². The quantitative estimate of drug-likeness (QED) is 0.824. The van der Waals surface area contributed by atoms with Gasteiger partial charge in [-0.2, -0.15) is 0 Å². The standard InChI is InChI=1S/C16H24BrN3O/c1-12(13-5-7-14(17)8-6-13)19-16(21)11-20(2)10-15-4-3-9-18-15/h5-8,12,15,18H,3-4,9-11H2,1-2H3,(H,19,21). The number of amides is 1. The molecule has 0 radical (unpaired) electrons. The molecule has 21 heavy (non-hydrogen) atoms. The first kappa shape index (κ1) is 16.5. The van der Waals surface area contributed by atoms with Gasteiger partial charge < -0.3 is 10.6 Å². The van der Waals surface area contributed by atoms with Gasteiger partial charge in [0, 0.05) is 17.1 Å². The lowest BCUT2D eigenvalue weighted by molar-refractivity contribution is -0.122. The molecule has 1 aliphatic heterocycles. The van der Waals surface area contributed by atoms with Crippen molar-refractivity contribution in [2.24, 2.45) is 0 Å². The van der Waals surface area contributed by atoms with E-state index in [4.69, 9.17) is 0 Å². The van der Waals surface area contributed by atoms with E-state index in [1.165, 1.54) is 12.8 Å². The summed E-state index contributed by atoms with van der Waals surface area (Å²) in [7, 11) is 2.00. The zero-order valence-corrected chi connectivity index (χ0v) is 14.3. The van der Waals surface area contributed by atoms with Crippen molar-refractivity contribution in [2.45, 2.75) is 31.8 Å². The van der Waals surface area contributed by atoms with Crippen molar-refractivity contribution in [1.82, 2.24) is 15.5 Å². The molecular weight excluding hydrogens is 330 g/mol. The van der Waals surface area contributed by atoms with Crippen LogP contribution in [0.3, 0.4) is 0 Å². The third-order valence-electron chi connectivity index (χ3n) is 3.86. The van der Waals surface area contributed by atoms with Crippen molar-refractivity contribution >= 4 is 21.8 Å². The summed E-state index contributed by atoms with van der Waals surface area (Å²) < 4.78 is 1.05. The fraction of sp³-hybridized carbons (Fsp3) is 0.562. The van der Waals surface area contributed by atoms with Gasteiger partial charge in [-0.05, 0) is 51.1 Å². The highest BCUT2D eigenvalue weighted by Crippen LogP contribution is 2.16. The number of nitrogens with zero attached hydrogens (tertiary/aromatic N) is 1. The molecule has 2 rings (SSSR count). The van der Waals surface area contributed by atoms with Crippen LogP contribution >= 0.6 is 15.9 Å². The van der Waals surface area contributed by atoms with E-state index in [0.29, 0.717) is 12.6 Å². The van der Waals surface area contributed by atoms with E-state index in [1.54, 1.807) is 0 Å². The average molecular weight is 354 g/mol. The molecule has 0 aromatic heterocycles. The average Bonchev–Trinajstić information content (AvgIpc) is 2.91. The van der Waals surface area contributed by atoms with Crippen LogP contribution in [-0.4, -0.2) is 43.5 Å². The largest absolute Gasteiger partial charge is 0.348 e. The number of hydrogen-bond donors (Lipinski definition) is 2. The number of nitrogens with one attached hydrogen (secondary N) is 2. The Balaban J connectivity index is 1.76. The normalized spacial score (nSPS) is 19.7. The number of halogens is 1. The molecule has 0 saturated carbocycles. The molecule has 5 heteroatoms. The first-order valence-corrected chi connectivity index (χ1v) is 8.30. The molecule has 4 nitrogen and oxygen atoms in total. The number of likely N-dealkylation sites (N-methyl/N-ethyl adjacent to an activating group) is 1. The highest BCUT2D eigenvalue weighted by molar-refractivity contribution is 9.10. The van der Waals surface area contributed by atoms with E-state index in [0.717, 1.165) is 23.1 Å². The highest BCUT2D eigenvalue weighted by atomic mass is 79.9. The topological polar surface area (TPSA) is 44.4 Å². The molecular formula is C16H24BrN3O. The SMILES string of the molecule is CC(NC(=O)CN(C)CC1CCCN1)c1ccc(Br)cc1. The number of benzene rings is 1. The Morgan fingerprint density at radius 2 is 2.19 bits per heavy atom.